The Bertz CT molecular complexity index is 718. The van der Waals surface area contributed by atoms with Gasteiger partial charge in [-0.25, -0.2) is 17.1 Å². The van der Waals surface area contributed by atoms with E-state index in [1.165, 1.54) is 19.2 Å². The molecule has 1 heterocycles. The molecule has 0 N–H and O–H groups in total. The second-order valence-corrected chi connectivity index (χ2v) is 6.84. The van der Waals surface area contributed by atoms with Crippen LogP contribution in [0.5, 0.6) is 0 Å². The van der Waals surface area contributed by atoms with Crippen molar-refractivity contribution in [3.63, 3.8) is 0 Å². The molecule has 112 valence electrons. The zero-order chi connectivity index (χ0) is 15.5. The van der Waals surface area contributed by atoms with Crippen molar-refractivity contribution >= 4 is 10.0 Å². The van der Waals surface area contributed by atoms with Gasteiger partial charge in [0.05, 0.1) is 0 Å². The van der Waals surface area contributed by atoms with Crippen LogP contribution in [0.1, 0.15) is 11.3 Å². The molecule has 0 atom stereocenters. The molecule has 0 unspecified atom stereocenters. The van der Waals surface area contributed by atoms with Gasteiger partial charge >= 0.3 is 0 Å². The van der Waals surface area contributed by atoms with E-state index in [-0.39, 0.29) is 11.4 Å². The average Bonchev–Trinajstić information content (AvgIpc) is 2.45. The highest BCUT2D eigenvalue weighted by Gasteiger charge is 2.24. The Labute approximate surface area is 124 Å². The second-order valence-electron chi connectivity index (χ2n) is 4.83. The molecule has 0 aliphatic carbocycles. The van der Waals surface area contributed by atoms with Crippen LogP contribution < -0.4 is 0 Å². The van der Waals surface area contributed by atoms with Gasteiger partial charge in [-0.2, -0.15) is 0 Å². The number of aromatic nitrogens is 1. The summed E-state index contributed by atoms with van der Waals surface area (Å²) < 4.78 is 39.7. The first-order valence-electron chi connectivity index (χ1n) is 6.53. The van der Waals surface area contributed by atoms with Gasteiger partial charge in [0.2, 0.25) is 10.0 Å². The number of likely N-dealkylation sites (N-methyl/N-ethyl adjacent to an activating group) is 1. The van der Waals surface area contributed by atoms with Crippen LogP contribution in [-0.2, 0) is 16.4 Å². The SMILES string of the molecule is Cc1ccc(S(=O)(=O)N(C)CCc2ccccn2)c(F)c1. The quantitative estimate of drug-likeness (QED) is 0.852. The van der Waals surface area contributed by atoms with Gasteiger partial charge < -0.3 is 0 Å². The van der Waals surface area contributed by atoms with Crippen molar-refractivity contribution in [3.8, 4) is 0 Å². The van der Waals surface area contributed by atoms with E-state index in [9.17, 15) is 12.8 Å². The smallest absolute Gasteiger partial charge is 0.245 e. The van der Waals surface area contributed by atoms with Crippen LogP contribution >= 0.6 is 0 Å². The van der Waals surface area contributed by atoms with Crippen molar-refractivity contribution in [2.75, 3.05) is 13.6 Å². The van der Waals surface area contributed by atoms with Crippen LogP contribution in [0.4, 0.5) is 4.39 Å². The molecule has 2 aromatic rings. The normalized spacial score (nSPS) is 11.8. The highest BCUT2D eigenvalue weighted by Crippen LogP contribution is 2.19. The molecule has 0 amide bonds. The first kappa shape index (κ1) is 15.6. The number of nitrogens with zero attached hydrogens (tertiary/aromatic N) is 2. The Kier molecular flexibility index (Phi) is 4.69. The summed E-state index contributed by atoms with van der Waals surface area (Å²) in [5.74, 6) is -0.723. The topological polar surface area (TPSA) is 50.3 Å². The number of sulfonamides is 1. The van der Waals surface area contributed by atoms with Gasteiger partial charge in [0.15, 0.2) is 0 Å². The molecule has 0 bridgehead atoms. The number of halogens is 1. The molecule has 2 rings (SSSR count). The van der Waals surface area contributed by atoms with Crippen molar-refractivity contribution in [1.82, 2.24) is 9.29 Å². The Morgan fingerprint density at radius 1 is 1.24 bits per heavy atom. The molecule has 0 aliphatic heterocycles. The van der Waals surface area contributed by atoms with Crippen molar-refractivity contribution < 1.29 is 12.8 Å². The standard InChI is InChI=1S/C15H17FN2O2S/c1-12-6-7-15(14(16)11-12)21(19,20)18(2)10-8-13-5-3-4-9-17-13/h3-7,9,11H,8,10H2,1-2H3. The first-order valence-corrected chi connectivity index (χ1v) is 7.97. The van der Waals surface area contributed by atoms with Crippen molar-refractivity contribution in [1.29, 1.82) is 0 Å². The molecule has 0 spiro atoms. The fourth-order valence-electron chi connectivity index (χ4n) is 1.92. The predicted molar refractivity (Wildman–Crippen MR) is 78.9 cm³/mol. The monoisotopic (exact) mass is 308 g/mol. The summed E-state index contributed by atoms with van der Waals surface area (Å²) in [7, 11) is -2.38. The maximum absolute atomic E-state index is 13.9. The fraction of sp³-hybridized carbons (Fsp3) is 0.267. The van der Waals surface area contributed by atoms with E-state index in [2.05, 4.69) is 4.98 Å². The largest absolute Gasteiger partial charge is 0.261 e. The minimum absolute atomic E-state index is 0.243. The fourth-order valence-corrected chi connectivity index (χ4v) is 3.13. The summed E-state index contributed by atoms with van der Waals surface area (Å²) in [6, 6.07) is 9.58. The molecule has 0 radical (unpaired) electrons. The van der Waals surface area contributed by atoms with E-state index in [0.717, 1.165) is 10.00 Å². The van der Waals surface area contributed by atoms with Gasteiger partial charge in [-0.05, 0) is 36.8 Å². The Morgan fingerprint density at radius 3 is 2.62 bits per heavy atom. The van der Waals surface area contributed by atoms with Gasteiger partial charge in [-0.3, -0.25) is 4.98 Å². The van der Waals surface area contributed by atoms with E-state index >= 15 is 0 Å². The lowest BCUT2D eigenvalue weighted by Gasteiger charge is -2.17. The average molecular weight is 308 g/mol. The summed E-state index contributed by atoms with van der Waals surface area (Å²) in [5, 5.41) is 0. The molecule has 6 heteroatoms. The molecule has 4 nitrogen and oxygen atoms in total. The molecule has 21 heavy (non-hydrogen) atoms. The van der Waals surface area contributed by atoms with Crippen LogP contribution in [0.25, 0.3) is 0 Å². The lowest BCUT2D eigenvalue weighted by molar-refractivity contribution is 0.464. The summed E-state index contributed by atoms with van der Waals surface area (Å²) in [6.45, 7) is 1.96. The summed E-state index contributed by atoms with van der Waals surface area (Å²) in [5.41, 5.74) is 1.48. The lowest BCUT2D eigenvalue weighted by Crippen LogP contribution is -2.29. The molecule has 1 aromatic carbocycles. The minimum Gasteiger partial charge on any atom is -0.261 e. The zero-order valence-corrected chi connectivity index (χ0v) is 12.8. The second kappa shape index (κ2) is 6.32. The number of pyridine rings is 1. The first-order chi connectivity index (χ1) is 9.91. The minimum atomic E-state index is -3.83. The Hall–Kier alpha value is -1.79. The van der Waals surface area contributed by atoms with Crippen molar-refractivity contribution in [2.45, 2.75) is 18.2 Å². The van der Waals surface area contributed by atoms with Gasteiger partial charge in [0.25, 0.3) is 0 Å². The van der Waals surface area contributed by atoms with E-state index in [0.29, 0.717) is 12.0 Å². The Balaban J connectivity index is 2.15. The highest BCUT2D eigenvalue weighted by atomic mass is 32.2. The number of rotatable bonds is 5. The van der Waals surface area contributed by atoms with Crippen LogP contribution in [0.15, 0.2) is 47.5 Å². The summed E-state index contributed by atoms with van der Waals surface area (Å²) in [6.07, 6.45) is 2.13. The number of aryl methyl sites for hydroxylation is 1. The molecular weight excluding hydrogens is 291 g/mol. The summed E-state index contributed by atoms with van der Waals surface area (Å²) in [4.78, 5) is 3.84. The summed E-state index contributed by atoms with van der Waals surface area (Å²) >= 11 is 0. The van der Waals surface area contributed by atoms with E-state index < -0.39 is 15.8 Å². The molecule has 0 aliphatic rings. The van der Waals surface area contributed by atoms with Gasteiger partial charge in [-0.15, -0.1) is 0 Å². The number of benzene rings is 1. The van der Waals surface area contributed by atoms with E-state index in [1.807, 2.05) is 12.1 Å². The molecular formula is C15H17FN2O2S. The Morgan fingerprint density at radius 2 is 2.00 bits per heavy atom. The van der Waals surface area contributed by atoms with Gasteiger partial charge in [0, 0.05) is 31.9 Å². The zero-order valence-electron chi connectivity index (χ0n) is 12.0. The van der Waals surface area contributed by atoms with Crippen LogP contribution in [0.2, 0.25) is 0 Å². The van der Waals surface area contributed by atoms with Crippen LogP contribution in [0, 0.1) is 12.7 Å². The maximum atomic E-state index is 13.9. The van der Waals surface area contributed by atoms with Crippen molar-refractivity contribution in [2.24, 2.45) is 0 Å². The third-order valence-corrected chi connectivity index (χ3v) is 5.07. The molecule has 0 saturated carbocycles. The third-order valence-electron chi connectivity index (χ3n) is 3.18. The van der Waals surface area contributed by atoms with Gasteiger partial charge in [0.1, 0.15) is 10.7 Å². The molecule has 0 saturated heterocycles. The highest BCUT2D eigenvalue weighted by molar-refractivity contribution is 7.89. The van der Waals surface area contributed by atoms with E-state index in [1.54, 1.807) is 25.3 Å². The van der Waals surface area contributed by atoms with Crippen LogP contribution in [-0.4, -0.2) is 31.3 Å². The van der Waals surface area contributed by atoms with Crippen LogP contribution in [0.3, 0.4) is 0 Å². The van der Waals surface area contributed by atoms with Crippen molar-refractivity contribution in [3.05, 3.63) is 59.7 Å². The number of hydrogen-bond acceptors (Lipinski definition) is 3. The maximum Gasteiger partial charge on any atom is 0.245 e. The molecule has 0 fully saturated rings. The third kappa shape index (κ3) is 3.65. The lowest BCUT2D eigenvalue weighted by atomic mass is 10.2. The predicted octanol–water partition coefficient (Wildman–Crippen LogP) is 2.39. The molecule has 1 aromatic heterocycles. The number of hydrogen-bond donors (Lipinski definition) is 0. The van der Waals surface area contributed by atoms with E-state index in [4.69, 9.17) is 0 Å². The van der Waals surface area contributed by atoms with Gasteiger partial charge in [-0.1, -0.05) is 12.1 Å².